The first-order chi connectivity index (χ1) is 10.9. The van der Waals surface area contributed by atoms with Gasteiger partial charge in [0, 0.05) is 18.8 Å². The normalized spacial score (nSPS) is 12.3. The van der Waals surface area contributed by atoms with Crippen molar-refractivity contribution in [2.45, 2.75) is 46.6 Å². The van der Waals surface area contributed by atoms with Crippen molar-refractivity contribution in [3.63, 3.8) is 0 Å². The number of nitrogens with one attached hydrogen (secondary N) is 2. The number of hydrogen-bond donors (Lipinski definition) is 3. The average molecular weight is 322 g/mol. The molecule has 0 heterocycles. The molecule has 0 aliphatic heterocycles. The second-order valence-electron chi connectivity index (χ2n) is 6.53. The Morgan fingerprint density at radius 3 is 2.35 bits per heavy atom. The van der Waals surface area contributed by atoms with Crippen LogP contribution in [0.3, 0.4) is 0 Å². The van der Waals surface area contributed by atoms with Gasteiger partial charge >= 0.3 is 6.03 Å². The van der Waals surface area contributed by atoms with E-state index >= 15 is 0 Å². The van der Waals surface area contributed by atoms with Crippen LogP contribution in [0.15, 0.2) is 24.3 Å². The molecule has 1 unspecified atom stereocenters. The molecule has 0 aliphatic rings. The maximum absolute atomic E-state index is 12.0. The number of anilines is 1. The molecule has 5 heteroatoms. The van der Waals surface area contributed by atoms with Gasteiger partial charge in [0.05, 0.1) is 6.10 Å². The van der Waals surface area contributed by atoms with Crippen LogP contribution in [0, 0.1) is 11.8 Å². The molecule has 1 atom stereocenters. The van der Waals surface area contributed by atoms with Gasteiger partial charge in [0.1, 0.15) is 5.75 Å². The number of urea groups is 1. The molecule has 0 saturated carbocycles. The van der Waals surface area contributed by atoms with Gasteiger partial charge in [-0.05, 0) is 62.8 Å². The molecule has 0 fully saturated rings. The lowest BCUT2D eigenvalue weighted by Gasteiger charge is -2.19. The monoisotopic (exact) mass is 322 g/mol. The van der Waals surface area contributed by atoms with Gasteiger partial charge in [-0.25, -0.2) is 4.79 Å². The van der Waals surface area contributed by atoms with Crippen LogP contribution in [0.4, 0.5) is 10.5 Å². The van der Waals surface area contributed by atoms with Gasteiger partial charge in [-0.1, -0.05) is 13.8 Å². The van der Waals surface area contributed by atoms with Crippen LogP contribution in [0.5, 0.6) is 5.75 Å². The minimum Gasteiger partial charge on any atom is -0.491 e. The minimum atomic E-state index is -0.228. The molecular weight excluding hydrogens is 292 g/mol. The number of ether oxygens (including phenoxy) is 1. The summed E-state index contributed by atoms with van der Waals surface area (Å²) in [5.74, 6) is 1.63. The van der Waals surface area contributed by atoms with E-state index in [-0.39, 0.29) is 18.7 Å². The number of rotatable bonds is 9. The number of benzene rings is 1. The molecule has 3 N–H and O–H groups in total. The summed E-state index contributed by atoms with van der Waals surface area (Å²) in [6.45, 7) is 8.95. The van der Waals surface area contributed by atoms with Gasteiger partial charge < -0.3 is 20.5 Å². The van der Waals surface area contributed by atoms with Crippen molar-refractivity contribution >= 4 is 11.7 Å². The topological polar surface area (TPSA) is 70.6 Å². The van der Waals surface area contributed by atoms with E-state index in [1.807, 2.05) is 38.1 Å². The number of aliphatic hydroxyl groups excluding tert-OH is 1. The summed E-state index contributed by atoms with van der Waals surface area (Å²) in [6.07, 6.45) is 1.82. The van der Waals surface area contributed by atoms with E-state index in [0.717, 1.165) is 17.9 Å². The lowest BCUT2D eigenvalue weighted by molar-refractivity contribution is 0.231. The Hall–Kier alpha value is -1.75. The highest BCUT2D eigenvalue weighted by Crippen LogP contribution is 2.17. The Balaban J connectivity index is 2.43. The van der Waals surface area contributed by atoms with Crippen molar-refractivity contribution < 1.29 is 14.6 Å². The highest BCUT2D eigenvalue weighted by Gasteiger charge is 2.12. The predicted octanol–water partition coefficient (Wildman–Crippen LogP) is 3.64. The minimum absolute atomic E-state index is 0.126. The van der Waals surface area contributed by atoms with Crippen molar-refractivity contribution in [2.24, 2.45) is 11.8 Å². The molecule has 0 aliphatic carbocycles. The third-order valence-corrected chi connectivity index (χ3v) is 3.38. The summed E-state index contributed by atoms with van der Waals surface area (Å²) in [4.78, 5) is 12.0. The molecule has 0 spiro atoms. The van der Waals surface area contributed by atoms with Gasteiger partial charge in [-0.3, -0.25) is 0 Å². The van der Waals surface area contributed by atoms with Gasteiger partial charge in [0.15, 0.2) is 0 Å². The summed E-state index contributed by atoms with van der Waals surface area (Å²) >= 11 is 0. The summed E-state index contributed by atoms with van der Waals surface area (Å²) in [5, 5.41) is 14.8. The van der Waals surface area contributed by atoms with E-state index in [4.69, 9.17) is 9.84 Å². The first-order valence-electron chi connectivity index (χ1n) is 8.33. The molecule has 5 nitrogen and oxygen atoms in total. The van der Waals surface area contributed by atoms with Crippen molar-refractivity contribution in [1.29, 1.82) is 0 Å². The summed E-state index contributed by atoms with van der Waals surface area (Å²) in [6, 6.07) is 7.08. The molecule has 130 valence electrons. The SMILES string of the molecule is CC(C)CC(CCO)CNC(=O)Nc1ccc(OC(C)C)cc1. The zero-order valence-corrected chi connectivity index (χ0v) is 14.6. The number of hydrogen-bond acceptors (Lipinski definition) is 3. The van der Waals surface area contributed by atoms with Crippen LogP contribution in [-0.2, 0) is 0 Å². The van der Waals surface area contributed by atoms with Gasteiger partial charge in [-0.2, -0.15) is 0 Å². The molecule has 1 aromatic carbocycles. The van der Waals surface area contributed by atoms with Crippen molar-refractivity contribution in [3.05, 3.63) is 24.3 Å². The Bertz CT molecular complexity index is 458. The fraction of sp³-hybridized carbons (Fsp3) is 0.611. The molecule has 0 radical (unpaired) electrons. The lowest BCUT2D eigenvalue weighted by atomic mass is 9.94. The number of aliphatic hydroxyl groups is 1. The standard InChI is InChI=1S/C18H30N2O3/c1-13(2)11-15(9-10-21)12-19-18(22)20-16-5-7-17(8-6-16)23-14(3)4/h5-8,13-15,21H,9-12H2,1-4H3,(H2,19,20,22). The number of carbonyl (C=O) groups is 1. The van der Waals surface area contributed by atoms with Gasteiger partial charge in [0.25, 0.3) is 0 Å². The van der Waals surface area contributed by atoms with E-state index in [1.54, 1.807) is 0 Å². The zero-order valence-electron chi connectivity index (χ0n) is 14.6. The summed E-state index contributed by atoms with van der Waals surface area (Å²) in [7, 11) is 0. The third kappa shape index (κ3) is 8.45. The second kappa shape index (κ2) is 10.1. The van der Waals surface area contributed by atoms with E-state index in [1.165, 1.54) is 0 Å². The van der Waals surface area contributed by atoms with Crippen LogP contribution in [-0.4, -0.2) is 30.4 Å². The number of amides is 2. The molecule has 1 aromatic rings. The highest BCUT2D eigenvalue weighted by atomic mass is 16.5. The van der Waals surface area contributed by atoms with Crippen LogP contribution in [0.25, 0.3) is 0 Å². The lowest BCUT2D eigenvalue weighted by Crippen LogP contribution is -2.33. The summed E-state index contributed by atoms with van der Waals surface area (Å²) < 4.78 is 5.56. The van der Waals surface area contributed by atoms with E-state index in [9.17, 15) is 4.79 Å². The fourth-order valence-corrected chi connectivity index (χ4v) is 2.45. The molecule has 0 saturated heterocycles. The average Bonchev–Trinajstić information content (AvgIpc) is 2.46. The molecule has 23 heavy (non-hydrogen) atoms. The fourth-order valence-electron chi connectivity index (χ4n) is 2.45. The maximum atomic E-state index is 12.0. The first-order valence-corrected chi connectivity index (χ1v) is 8.33. The largest absolute Gasteiger partial charge is 0.491 e. The molecule has 0 aromatic heterocycles. The van der Waals surface area contributed by atoms with E-state index in [0.29, 0.717) is 24.8 Å². The molecule has 1 rings (SSSR count). The van der Waals surface area contributed by atoms with Crippen LogP contribution in [0.1, 0.15) is 40.5 Å². The Kier molecular flexibility index (Phi) is 8.48. The highest BCUT2D eigenvalue weighted by molar-refractivity contribution is 5.89. The van der Waals surface area contributed by atoms with Crippen molar-refractivity contribution in [3.8, 4) is 5.75 Å². The van der Waals surface area contributed by atoms with Crippen molar-refractivity contribution in [1.82, 2.24) is 5.32 Å². The molecular formula is C18H30N2O3. The zero-order chi connectivity index (χ0) is 17.2. The van der Waals surface area contributed by atoms with Gasteiger partial charge in [0.2, 0.25) is 0 Å². The predicted molar refractivity (Wildman–Crippen MR) is 93.9 cm³/mol. The Labute approximate surface area is 139 Å². The maximum Gasteiger partial charge on any atom is 0.319 e. The number of carbonyl (C=O) groups excluding carboxylic acids is 1. The van der Waals surface area contributed by atoms with Crippen LogP contribution < -0.4 is 15.4 Å². The van der Waals surface area contributed by atoms with Crippen molar-refractivity contribution in [2.75, 3.05) is 18.5 Å². The van der Waals surface area contributed by atoms with E-state index < -0.39 is 0 Å². The third-order valence-electron chi connectivity index (χ3n) is 3.38. The first kappa shape index (κ1) is 19.3. The Morgan fingerprint density at radius 2 is 1.83 bits per heavy atom. The van der Waals surface area contributed by atoms with Gasteiger partial charge in [-0.15, -0.1) is 0 Å². The Morgan fingerprint density at radius 1 is 1.17 bits per heavy atom. The molecule has 0 bridgehead atoms. The summed E-state index contributed by atoms with van der Waals surface area (Å²) in [5.41, 5.74) is 0.723. The smallest absolute Gasteiger partial charge is 0.319 e. The molecule has 2 amide bonds. The second-order valence-corrected chi connectivity index (χ2v) is 6.53. The quantitative estimate of drug-likeness (QED) is 0.650. The van der Waals surface area contributed by atoms with Crippen LogP contribution >= 0.6 is 0 Å². The van der Waals surface area contributed by atoms with Crippen LogP contribution in [0.2, 0.25) is 0 Å². The van der Waals surface area contributed by atoms with E-state index in [2.05, 4.69) is 24.5 Å².